The van der Waals surface area contributed by atoms with Crippen molar-refractivity contribution in [3.63, 3.8) is 0 Å². The quantitative estimate of drug-likeness (QED) is 0.586. The van der Waals surface area contributed by atoms with Crippen molar-refractivity contribution in [3.8, 4) is 5.75 Å². The summed E-state index contributed by atoms with van der Waals surface area (Å²) in [6, 6.07) is 16.2. The first-order valence-electron chi connectivity index (χ1n) is 10.2. The number of esters is 1. The molecule has 0 unspecified atom stereocenters. The van der Waals surface area contributed by atoms with E-state index in [1.54, 1.807) is 43.9 Å². The molecule has 164 valence electrons. The van der Waals surface area contributed by atoms with Gasteiger partial charge in [-0.15, -0.1) is 0 Å². The number of methoxy groups -OCH3 is 1. The highest BCUT2D eigenvalue weighted by molar-refractivity contribution is 7.07. The lowest BCUT2D eigenvalue weighted by atomic mass is 9.96. The number of carbonyl (C=O) groups excluding carboxylic acids is 1. The second kappa shape index (κ2) is 9.23. The Hall–Kier alpha value is -3.65. The number of hydrogen-bond donors (Lipinski definition) is 1. The summed E-state index contributed by atoms with van der Waals surface area (Å²) in [4.78, 5) is 31.4. The normalized spacial score (nSPS) is 15.7. The summed E-state index contributed by atoms with van der Waals surface area (Å²) >= 11 is 1.27. The maximum Gasteiger partial charge on any atom is 0.338 e. The highest BCUT2D eigenvalue weighted by Gasteiger charge is 2.33. The number of aromatic nitrogens is 1. The number of fused-ring (bicyclic) bond motifs is 1. The molecule has 0 saturated heterocycles. The molecule has 1 aliphatic heterocycles. The van der Waals surface area contributed by atoms with Crippen molar-refractivity contribution in [1.82, 2.24) is 4.57 Å². The van der Waals surface area contributed by atoms with Crippen LogP contribution in [0.5, 0.6) is 5.75 Å². The number of hydrogen-bond acceptors (Lipinski definition) is 7. The predicted octanol–water partition coefficient (Wildman–Crippen LogP) is 2.83. The third-order valence-corrected chi connectivity index (χ3v) is 6.08. The minimum atomic E-state index is -0.643. The van der Waals surface area contributed by atoms with Crippen LogP contribution in [0.25, 0.3) is 6.20 Å². The van der Waals surface area contributed by atoms with E-state index < -0.39 is 12.0 Å². The fourth-order valence-corrected chi connectivity index (χ4v) is 4.55. The molecule has 7 nitrogen and oxygen atoms in total. The van der Waals surface area contributed by atoms with E-state index >= 15 is 0 Å². The Bertz CT molecular complexity index is 1340. The molecule has 0 saturated carbocycles. The summed E-state index contributed by atoms with van der Waals surface area (Å²) in [6.07, 6.45) is 1.67. The van der Waals surface area contributed by atoms with Crippen LogP contribution in [0.15, 0.2) is 75.7 Å². The van der Waals surface area contributed by atoms with Crippen LogP contribution in [0.4, 0.5) is 5.69 Å². The van der Waals surface area contributed by atoms with Crippen LogP contribution >= 0.6 is 11.3 Å². The molecule has 1 N–H and O–H groups in total. The molecular formula is C24H23N3O4S. The van der Waals surface area contributed by atoms with Gasteiger partial charge in [0.1, 0.15) is 10.3 Å². The minimum absolute atomic E-state index is 0.229. The van der Waals surface area contributed by atoms with Gasteiger partial charge in [0.15, 0.2) is 4.80 Å². The SMILES string of the molecule is CCOC(=O)C1=C(C)N=c2s/c(=C\Nc3ccccc3)c(=O)n2[C@H]1c1ccc(OC)cc1. The van der Waals surface area contributed by atoms with E-state index in [1.165, 1.54) is 11.3 Å². The van der Waals surface area contributed by atoms with Crippen molar-refractivity contribution in [3.05, 3.63) is 91.1 Å². The van der Waals surface area contributed by atoms with Gasteiger partial charge in [0.05, 0.1) is 31.0 Å². The summed E-state index contributed by atoms with van der Waals surface area (Å²) in [5.41, 5.74) is 2.30. The van der Waals surface area contributed by atoms with Crippen LogP contribution in [0.1, 0.15) is 25.5 Å². The fourth-order valence-electron chi connectivity index (χ4n) is 3.58. The van der Waals surface area contributed by atoms with Crippen LogP contribution in [0, 0.1) is 0 Å². The van der Waals surface area contributed by atoms with Crippen LogP contribution in [-0.4, -0.2) is 24.3 Å². The van der Waals surface area contributed by atoms with E-state index in [0.29, 0.717) is 26.4 Å². The Kier molecular flexibility index (Phi) is 6.23. The van der Waals surface area contributed by atoms with Gasteiger partial charge < -0.3 is 14.8 Å². The van der Waals surface area contributed by atoms with Crippen molar-refractivity contribution in [1.29, 1.82) is 0 Å². The predicted molar refractivity (Wildman–Crippen MR) is 124 cm³/mol. The molecule has 32 heavy (non-hydrogen) atoms. The highest BCUT2D eigenvalue weighted by Crippen LogP contribution is 2.31. The largest absolute Gasteiger partial charge is 0.497 e. The lowest BCUT2D eigenvalue weighted by molar-refractivity contribution is -0.139. The number of nitrogens with zero attached hydrogens (tertiary/aromatic N) is 2. The molecule has 0 spiro atoms. The Morgan fingerprint density at radius 1 is 1.19 bits per heavy atom. The number of ether oxygens (including phenoxy) is 2. The number of thiazole rings is 1. The molecule has 0 fully saturated rings. The average molecular weight is 450 g/mol. The van der Waals surface area contributed by atoms with Gasteiger partial charge in [-0.3, -0.25) is 9.36 Å². The lowest BCUT2D eigenvalue weighted by Gasteiger charge is -2.24. The molecule has 2 heterocycles. The second-order valence-corrected chi connectivity index (χ2v) is 8.09. The van der Waals surface area contributed by atoms with Crippen molar-refractivity contribution in [2.75, 3.05) is 19.0 Å². The number of rotatable bonds is 6. The third-order valence-electron chi connectivity index (χ3n) is 5.09. The average Bonchev–Trinajstić information content (AvgIpc) is 3.12. The monoisotopic (exact) mass is 449 g/mol. The van der Waals surface area contributed by atoms with Gasteiger partial charge in [0, 0.05) is 11.9 Å². The van der Waals surface area contributed by atoms with Gasteiger partial charge in [0.25, 0.3) is 5.56 Å². The molecule has 1 aromatic heterocycles. The molecular weight excluding hydrogens is 426 g/mol. The number of benzene rings is 2. The molecule has 0 bridgehead atoms. The van der Waals surface area contributed by atoms with Crippen molar-refractivity contribution >= 4 is 29.2 Å². The maximum absolute atomic E-state index is 13.4. The van der Waals surface area contributed by atoms with Crippen LogP contribution in [0.3, 0.4) is 0 Å². The molecule has 3 aromatic rings. The zero-order valence-corrected chi connectivity index (χ0v) is 18.8. The number of allylic oxidation sites excluding steroid dienone is 1. The first-order chi connectivity index (χ1) is 15.5. The van der Waals surface area contributed by atoms with Crippen molar-refractivity contribution in [2.24, 2.45) is 4.99 Å². The summed E-state index contributed by atoms with van der Waals surface area (Å²) < 4.78 is 12.6. The second-order valence-electron chi connectivity index (χ2n) is 7.09. The van der Waals surface area contributed by atoms with E-state index in [2.05, 4.69) is 10.3 Å². The molecule has 1 aliphatic rings. The molecule has 1 atom stereocenters. The summed E-state index contributed by atoms with van der Waals surface area (Å²) in [6.45, 7) is 3.75. The number of carbonyl (C=O) groups is 1. The van der Waals surface area contributed by atoms with Gasteiger partial charge in [-0.2, -0.15) is 0 Å². The summed E-state index contributed by atoms with van der Waals surface area (Å²) in [5, 5.41) is 3.15. The molecule has 2 aromatic carbocycles. The zero-order chi connectivity index (χ0) is 22.7. The van der Waals surface area contributed by atoms with Gasteiger partial charge >= 0.3 is 5.97 Å². The molecule has 0 aliphatic carbocycles. The van der Waals surface area contributed by atoms with E-state index in [9.17, 15) is 9.59 Å². The van der Waals surface area contributed by atoms with Crippen molar-refractivity contribution < 1.29 is 14.3 Å². The van der Waals surface area contributed by atoms with Gasteiger partial charge in [-0.05, 0) is 43.7 Å². The Balaban J connectivity index is 1.86. The first-order valence-corrected chi connectivity index (χ1v) is 11.0. The number of para-hydroxylation sites is 1. The van der Waals surface area contributed by atoms with Gasteiger partial charge in [0.2, 0.25) is 0 Å². The molecule has 0 radical (unpaired) electrons. The standard InChI is InChI=1S/C24H23N3O4S/c1-4-31-23(29)20-15(2)26-24-27(21(20)16-10-12-18(30-3)13-11-16)22(28)19(32-24)14-25-17-8-6-5-7-9-17/h5-14,21,25H,4H2,1-3H3/b19-14-/t21-/m0/s1. The van der Waals surface area contributed by atoms with Crippen LogP contribution < -0.4 is 24.9 Å². The molecule has 4 rings (SSSR count). The Morgan fingerprint density at radius 2 is 1.91 bits per heavy atom. The summed E-state index contributed by atoms with van der Waals surface area (Å²) in [5.74, 6) is 0.206. The highest BCUT2D eigenvalue weighted by atomic mass is 32.1. The minimum Gasteiger partial charge on any atom is -0.497 e. The number of nitrogens with one attached hydrogen (secondary N) is 1. The van der Waals surface area contributed by atoms with Crippen molar-refractivity contribution in [2.45, 2.75) is 19.9 Å². The van der Waals surface area contributed by atoms with E-state index in [4.69, 9.17) is 9.47 Å². The molecule has 8 heteroatoms. The van der Waals surface area contributed by atoms with Gasteiger partial charge in [-0.1, -0.05) is 41.7 Å². The van der Waals surface area contributed by atoms with Crippen LogP contribution in [-0.2, 0) is 9.53 Å². The Labute approximate surface area is 189 Å². The van der Waals surface area contributed by atoms with E-state index in [1.807, 2.05) is 42.5 Å². The molecule has 0 amide bonds. The van der Waals surface area contributed by atoms with Crippen LogP contribution in [0.2, 0.25) is 0 Å². The smallest absolute Gasteiger partial charge is 0.338 e. The van der Waals surface area contributed by atoms with E-state index in [-0.39, 0.29) is 12.2 Å². The fraction of sp³-hybridized carbons (Fsp3) is 0.208. The first kappa shape index (κ1) is 21.6. The van der Waals surface area contributed by atoms with Gasteiger partial charge in [-0.25, -0.2) is 9.79 Å². The van der Waals surface area contributed by atoms with E-state index in [0.717, 1.165) is 11.3 Å². The Morgan fingerprint density at radius 3 is 2.56 bits per heavy atom. The number of anilines is 1. The maximum atomic E-state index is 13.4. The third kappa shape index (κ3) is 4.09. The lowest BCUT2D eigenvalue weighted by Crippen LogP contribution is -2.40. The summed E-state index contributed by atoms with van der Waals surface area (Å²) in [7, 11) is 1.59. The topological polar surface area (TPSA) is 81.9 Å². The zero-order valence-electron chi connectivity index (χ0n) is 18.0.